The third-order valence-corrected chi connectivity index (χ3v) is 5.87. The van der Waals surface area contributed by atoms with Gasteiger partial charge in [0.1, 0.15) is 5.75 Å². The summed E-state index contributed by atoms with van der Waals surface area (Å²) in [5.74, 6) is 1.01. The van der Waals surface area contributed by atoms with E-state index in [1.165, 1.54) is 36.1 Å². The first-order chi connectivity index (χ1) is 11.7. The molecule has 0 unspecified atom stereocenters. The lowest BCUT2D eigenvalue weighted by Crippen LogP contribution is -2.11. The number of hydrogen-bond acceptors (Lipinski definition) is 3. The Hall–Kier alpha value is -0.900. The molecule has 2 nitrogen and oxygen atoms in total. The second kappa shape index (κ2) is 8.46. The van der Waals surface area contributed by atoms with E-state index in [-0.39, 0.29) is 0 Å². The van der Waals surface area contributed by atoms with E-state index in [0.29, 0.717) is 16.1 Å². The molecule has 1 aliphatic carbocycles. The number of thioether (sulfide) groups is 1. The van der Waals surface area contributed by atoms with E-state index in [1.54, 1.807) is 24.2 Å². The summed E-state index contributed by atoms with van der Waals surface area (Å²) in [6.07, 6.45) is 12.3. The predicted molar refractivity (Wildman–Crippen MR) is 103 cm³/mol. The van der Waals surface area contributed by atoms with E-state index in [4.69, 9.17) is 27.9 Å². The highest BCUT2D eigenvalue weighted by molar-refractivity contribution is 7.98. The van der Waals surface area contributed by atoms with Crippen molar-refractivity contribution in [2.75, 3.05) is 6.26 Å². The van der Waals surface area contributed by atoms with Crippen LogP contribution in [-0.4, -0.2) is 17.3 Å². The molecule has 1 aromatic heterocycles. The standard InChI is InChI=1S/C19H21Cl2NOS/c1-24-19-9-7-13(10-18(19)23-14-4-2-3-5-14)6-8-15-16(20)11-22-12-17(15)21/h7,9-12,14H,2-6,8H2,1H3. The fraction of sp³-hybridized carbons (Fsp3) is 0.421. The van der Waals surface area contributed by atoms with Crippen molar-refractivity contribution in [1.29, 1.82) is 0 Å². The van der Waals surface area contributed by atoms with Crippen molar-refractivity contribution in [3.05, 3.63) is 51.8 Å². The van der Waals surface area contributed by atoms with Gasteiger partial charge in [-0.05, 0) is 68.0 Å². The number of aryl methyl sites for hydroxylation is 1. The first kappa shape index (κ1) is 17.9. The largest absolute Gasteiger partial charge is 0.489 e. The molecule has 0 radical (unpaired) electrons. The molecule has 0 bridgehead atoms. The quantitative estimate of drug-likeness (QED) is 0.554. The topological polar surface area (TPSA) is 22.1 Å². The summed E-state index contributed by atoms with van der Waals surface area (Å²) in [4.78, 5) is 5.21. The van der Waals surface area contributed by atoms with Gasteiger partial charge in [-0.25, -0.2) is 0 Å². The molecule has 0 atom stereocenters. The molecule has 5 heteroatoms. The maximum absolute atomic E-state index is 6.25. The maximum Gasteiger partial charge on any atom is 0.133 e. The van der Waals surface area contributed by atoms with E-state index in [9.17, 15) is 0 Å². The van der Waals surface area contributed by atoms with E-state index in [1.807, 2.05) is 0 Å². The van der Waals surface area contributed by atoms with Gasteiger partial charge in [0.2, 0.25) is 0 Å². The summed E-state index contributed by atoms with van der Waals surface area (Å²) < 4.78 is 6.25. The number of aromatic nitrogens is 1. The molecule has 3 rings (SSSR count). The first-order valence-corrected chi connectivity index (χ1v) is 10.3. The summed E-state index contributed by atoms with van der Waals surface area (Å²) in [6.45, 7) is 0. The van der Waals surface area contributed by atoms with Gasteiger partial charge in [-0.3, -0.25) is 4.98 Å². The van der Waals surface area contributed by atoms with Crippen LogP contribution in [0.15, 0.2) is 35.5 Å². The van der Waals surface area contributed by atoms with Crippen molar-refractivity contribution in [1.82, 2.24) is 4.98 Å². The van der Waals surface area contributed by atoms with Crippen molar-refractivity contribution in [3.8, 4) is 5.75 Å². The van der Waals surface area contributed by atoms with Crippen LogP contribution in [0.5, 0.6) is 5.75 Å². The maximum atomic E-state index is 6.25. The van der Waals surface area contributed by atoms with Gasteiger partial charge >= 0.3 is 0 Å². The highest BCUT2D eigenvalue weighted by Gasteiger charge is 2.18. The first-order valence-electron chi connectivity index (χ1n) is 8.29. The Morgan fingerprint density at radius 2 is 1.83 bits per heavy atom. The summed E-state index contributed by atoms with van der Waals surface area (Å²) in [7, 11) is 0. The number of pyridine rings is 1. The van der Waals surface area contributed by atoms with Gasteiger partial charge in [0.15, 0.2) is 0 Å². The molecule has 2 aromatic rings. The van der Waals surface area contributed by atoms with E-state index < -0.39 is 0 Å². The second-order valence-corrected chi connectivity index (χ2v) is 7.75. The van der Waals surface area contributed by atoms with E-state index in [2.05, 4.69) is 29.4 Å². The smallest absolute Gasteiger partial charge is 0.133 e. The van der Waals surface area contributed by atoms with Crippen molar-refractivity contribution in [3.63, 3.8) is 0 Å². The number of rotatable bonds is 6. The molecule has 128 valence electrons. The van der Waals surface area contributed by atoms with Crippen LogP contribution in [0.3, 0.4) is 0 Å². The minimum absolute atomic E-state index is 0.371. The molecule has 1 heterocycles. The van der Waals surface area contributed by atoms with Crippen LogP contribution in [0.2, 0.25) is 10.0 Å². The Bertz CT molecular complexity index is 682. The molecule has 1 aromatic carbocycles. The minimum atomic E-state index is 0.371. The number of nitrogens with zero attached hydrogens (tertiary/aromatic N) is 1. The van der Waals surface area contributed by atoms with Crippen molar-refractivity contribution < 1.29 is 4.74 Å². The van der Waals surface area contributed by atoms with E-state index >= 15 is 0 Å². The molecule has 0 aliphatic heterocycles. The summed E-state index contributed by atoms with van der Waals surface area (Å²) >= 11 is 14.2. The monoisotopic (exact) mass is 381 g/mol. The molecule has 1 aliphatic rings. The summed E-state index contributed by atoms with van der Waals surface area (Å²) in [5, 5.41) is 1.26. The van der Waals surface area contributed by atoms with Crippen LogP contribution in [0.25, 0.3) is 0 Å². The van der Waals surface area contributed by atoms with Gasteiger partial charge in [-0.1, -0.05) is 29.3 Å². The fourth-order valence-electron chi connectivity index (χ4n) is 3.10. The number of ether oxygens (including phenoxy) is 1. The lowest BCUT2D eigenvalue weighted by molar-refractivity contribution is 0.204. The average Bonchev–Trinajstić information content (AvgIpc) is 3.08. The molecule has 0 saturated heterocycles. The predicted octanol–water partition coefficient (Wildman–Crippen LogP) is 6.22. The van der Waals surface area contributed by atoms with Crippen LogP contribution >= 0.6 is 35.0 Å². The SMILES string of the molecule is CSc1ccc(CCc2c(Cl)cncc2Cl)cc1OC1CCCC1. The van der Waals surface area contributed by atoms with Crippen molar-refractivity contribution >= 4 is 35.0 Å². The molecule has 1 saturated carbocycles. The van der Waals surface area contributed by atoms with Gasteiger partial charge < -0.3 is 4.74 Å². The number of halogens is 2. The zero-order valence-corrected chi connectivity index (χ0v) is 16.1. The zero-order valence-electron chi connectivity index (χ0n) is 13.7. The van der Waals surface area contributed by atoms with Crippen LogP contribution in [0, 0.1) is 0 Å². The fourth-order valence-corrected chi connectivity index (χ4v) is 4.17. The van der Waals surface area contributed by atoms with Crippen molar-refractivity contribution in [2.45, 2.75) is 49.5 Å². The molecular formula is C19H21Cl2NOS. The van der Waals surface area contributed by atoms with Gasteiger partial charge in [0.25, 0.3) is 0 Å². The van der Waals surface area contributed by atoms with Crippen LogP contribution in [-0.2, 0) is 12.8 Å². The average molecular weight is 382 g/mol. The highest BCUT2D eigenvalue weighted by Crippen LogP contribution is 2.33. The normalized spacial score (nSPS) is 15.0. The Labute approximate surface area is 157 Å². The second-order valence-electron chi connectivity index (χ2n) is 6.09. The lowest BCUT2D eigenvalue weighted by Gasteiger charge is -2.17. The third kappa shape index (κ3) is 4.38. The summed E-state index contributed by atoms with van der Waals surface area (Å²) in [5.41, 5.74) is 2.20. The van der Waals surface area contributed by atoms with Crippen LogP contribution in [0.4, 0.5) is 0 Å². The molecule has 24 heavy (non-hydrogen) atoms. The molecule has 0 spiro atoms. The zero-order chi connectivity index (χ0) is 16.9. The van der Waals surface area contributed by atoms with Crippen molar-refractivity contribution in [2.24, 2.45) is 0 Å². The van der Waals surface area contributed by atoms with Gasteiger partial charge in [-0.2, -0.15) is 0 Å². The number of benzene rings is 1. The molecule has 1 fully saturated rings. The third-order valence-electron chi connectivity index (χ3n) is 4.44. The Balaban J connectivity index is 1.73. The Morgan fingerprint density at radius 1 is 1.12 bits per heavy atom. The van der Waals surface area contributed by atoms with E-state index in [0.717, 1.165) is 24.2 Å². The highest BCUT2D eigenvalue weighted by atomic mass is 35.5. The van der Waals surface area contributed by atoms with Gasteiger partial charge in [-0.15, -0.1) is 11.8 Å². The Kier molecular flexibility index (Phi) is 6.31. The molecule has 0 amide bonds. The summed E-state index contributed by atoms with van der Waals surface area (Å²) in [6, 6.07) is 6.49. The molecule has 0 N–H and O–H groups in total. The molecular weight excluding hydrogens is 361 g/mol. The van der Waals surface area contributed by atoms with Crippen LogP contribution < -0.4 is 4.74 Å². The van der Waals surface area contributed by atoms with Gasteiger partial charge in [0.05, 0.1) is 16.1 Å². The minimum Gasteiger partial charge on any atom is -0.489 e. The van der Waals surface area contributed by atoms with Gasteiger partial charge in [0, 0.05) is 17.3 Å². The Morgan fingerprint density at radius 3 is 2.50 bits per heavy atom. The number of hydrogen-bond donors (Lipinski definition) is 0. The van der Waals surface area contributed by atoms with Crippen LogP contribution in [0.1, 0.15) is 36.8 Å². The lowest BCUT2D eigenvalue weighted by atomic mass is 10.0.